The summed E-state index contributed by atoms with van der Waals surface area (Å²) in [5, 5.41) is 8.26. The molecule has 0 saturated carbocycles. The molecule has 0 radical (unpaired) electrons. The van der Waals surface area contributed by atoms with Crippen LogP contribution in [0.5, 0.6) is 0 Å². The van der Waals surface area contributed by atoms with E-state index >= 15 is 0 Å². The predicted molar refractivity (Wildman–Crippen MR) is 69.1 cm³/mol. The summed E-state index contributed by atoms with van der Waals surface area (Å²) in [6, 6.07) is 3.95. The minimum atomic E-state index is 0.904. The lowest BCUT2D eigenvalue weighted by molar-refractivity contribution is 0.993. The summed E-state index contributed by atoms with van der Waals surface area (Å²) >= 11 is 0. The first kappa shape index (κ1) is 11.5. The van der Waals surface area contributed by atoms with E-state index in [2.05, 4.69) is 22.1 Å². The fraction of sp³-hybridized carbons (Fsp3) is 0.308. The number of anilines is 1. The number of aromatic nitrogens is 3. The minimum absolute atomic E-state index is 0.904. The molecular weight excluding hydrogens is 212 g/mol. The van der Waals surface area contributed by atoms with E-state index in [1.807, 2.05) is 38.1 Å². The van der Waals surface area contributed by atoms with Crippen molar-refractivity contribution >= 4 is 5.82 Å². The van der Waals surface area contributed by atoms with Crippen LogP contribution in [0.2, 0.25) is 0 Å². The number of hydrogen-bond donors (Lipinski definition) is 0. The summed E-state index contributed by atoms with van der Waals surface area (Å²) in [5.41, 5.74) is 4.22. The molecule has 0 saturated heterocycles. The summed E-state index contributed by atoms with van der Waals surface area (Å²) < 4.78 is 0. The standard InChI is InChI=1S/C13H16N4/c1-9-8-15-16-12(10(9)2)11-6-5-7-14-13(11)17(3)4/h5-8H,1-4H3. The van der Waals surface area contributed by atoms with Crippen molar-refractivity contribution in [1.29, 1.82) is 0 Å². The Morgan fingerprint density at radius 1 is 1.18 bits per heavy atom. The Hall–Kier alpha value is -1.97. The van der Waals surface area contributed by atoms with Crippen LogP contribution < -0.4 is 4.90 Å². The van der Waals surface area contributed by atoms with Crippen LogP contribution in [-0.4, -0.2) is 29.3 Å². The summed E-state index contributed by atoms with van der Waals surface area (Å²) in [5.74, 6) is 0.913. The fourth-order valence-electron chi connectivity index (χ4n) is 1.73. The van der Waals surface area contributed by atoms with Gasteiger partial charge in [0.1, 0.15) is 5.82 Å². The van der Waals surface area contributed by atoms with Crippen LogP contribution in [0.4, 0.5) is 5.82 Å². The van der Waals surface area contributed by atoms with E-state index in [4.69, 9.17) is 0 Å². The Kier molecular flexibility index (Phi) is 3.04. The van der Waals surface area contributed by atoms with E-state index in [9.17, 15) is 0 Å². The Morgan fingerprint density at radius 2 is 1.94 bits per heavy atom. The highest BCUT2D eigenvalue weighted by Crippen LogP contribution is 2.28. The van der Waals surface area contributed by atoms with Crippen molar-refractivity contribution in [3.8, 4) is 11.3 Å². The summed E-state index contributed by atoms with van der Waals surface area (Å²) in [7, 11) is 3.95. The molecule has 0 aromatic carbocycles. The summed E-state index contributed by atoms with van der Waals surface area (Å²) in [6.45, 7) is 4.10. The van der Waals surface area contributed by atoms with Gasteiger partial charge in [-0.3, -0.25) is 0 Å². The van der Waals surface area contributed by atoms with Crippen molar-refractivity contribution in [3.05, 3.63) is 35.7 Å². The number of pyridine rings is 1. The molecule has 2 heterocycles. The van der Waals surface area contributed by atoms with Crippen molar-refractivity contribution in [3.63, 3.8) is 0 Å². The highest BCUT2D eigenvalue weighted by atomic mass is 15.1. The normalized spacial score (nSPS) is 10.4. The van der Waals surface area contributed by atoms with Crippen LogP contribution in [0, 0.1) is 13.8 Å². The number of hydrogen-bond acceptors (Lipinski definition) is 4. The highest BCUT2D eigenvalue weighted by Gasteiger charge is 2.12. The molecule has 88 valence electrons. The lowest BCUT2D eigenvalue weighted by Crippen LogP contribution is -2.12. The van der Waals surface area contributed by atoms with Crippen molar-refractivity contribution in [1.82, 2.24) is 15.2 Å². The van der Waals surface area contributed by atoms with Crippen LogP contribution in [0.3, 0.4) is 0 Å². The largest absolute Gasteiger partial charge is 0.362 e. The van der Waals surface area contributed by atoms with Gasteiger partial charge in [0.25, 0.3) is 0 Å². The smallest absolute Gasteiger partial charge is 0.137 e. The van der Waals surface area contributed by atoms with Gasteiger partial charge in [-0.15, -0.1) is 0 Å². The second kappa shape index (κ2) is 4.49. The minimum Gasteiger partial charge on any atom is -0.362 e. The number of rotatable bonds is 2. The summed E-state index contributed by atoms with van der Waals surface area (Å²) in [4.78, 5) is 6.37. The molecular formula is C13H16N4. The van der Waals surface area contributed by atoms with E-state index in [0.29, 0.717) is 0 Å². The molecule has 0 aliphatic carbocycles. The van der Waals surface area contributed by atoms with Gasteiger partial charge in [0.05, 0.1) is 11.9 Å². The Morgan fingerprint density at radius 3 is 2.65 bits per heavy atom. The van der Waals surface area contributed by atoms with Crippen LogP contribution >= 0.6 is 0 Å². The Balaban J connectivity index is 2.64. The molecule has 0 N–H and O–H groups in total. The van der Waals surface area contributed by atoms with Crippen molar-refractivity contribution in [2.24, 2.45) is 0 Å². The molecule has 2 aromatic heterocycles. The molecule has 0 atom stereocenters. The van der Waals surface area contributed by atoms with Crippen LogP contribution in [0.25, 0.3) is 11.3 Å². The van der Waals surface area contributed by atoms with Gasteiger partial charge in [-0.25, -0.2) is 4.98 Å². The van der Waals surface area contributed by atoms with E-state index in [1.165, 1.54) is 0 Å². The van der Waals surface area contributed by atoms with Gasteiger partial charge >= 0.3 is 0 Å². The number of nitrogens with zero attached hydrogens (tertiary/aromatic N) is 4. The predicted octanol–water partition coefficient (Wildman–Crippen LogP) is 2.22. The zero-order valence-corrected chi connectivity index (χ0v) is 10.6. The maximum atomic E-state index is 4.38. The quantitative estimate of drug-likeness (QED) is 0.790. The van der Waals surface area contributed by atoms with E-state index < -0.39 is 0 Å². The van der Waals surface area contributed by atoms with Gasteiger partial charge in [0, 0.05) is 25.9 Å². The fourth-order valence-corrected chi connectivity index (χ4v) is 1.73. The monoisotopic (exact) mass is 228 g/mol. The average molecular weight is 228 g/mol. The van der Waals surface area contributed by atoms with E-state index in [-0.39, 0.29) is 0 Å². The maximum Gasteiger partial charge on any atom is 0.137 e. The van der Waals surface area contributed by atoms with Crippen molar-refractivity contribution in [2.45, 2.75) is 13.8 Å². The third-order valence-corrected chi connectivity index (χ3v) is 2.82. The molecule has 0 aliphatic rings. The SMILES string of the molecule is Cc1cnnc(-c2cccnc2N(C)C)c1C. The first-order valence-electron chi connectivity index (χ1n) is 5.53. The maximum absolute atomic E-state index is 4.38. The lowest BCUT2D eigenvalue weighted by atomic mass is 10.1. The molecule has 4 heteroatoms. The second-order valence-corrected chi connectivity index (χ2v) is 4.27. The van der Waals surface area contributed by atoms with Crippen molar-refractivity contribution in [2.75, 3.05) is 19.0 Å². The van der Waals surface area contributed by atoms with Gasteiger partial charge in [-0.1, -0.05) is 0 Å². The lowest BCUT2D eigenvalue weighted by Gasteiger charge is -2.16. The molecule has 2 rings (SSSR count). The molecule has 0 aliphatic heterocycles. The third kappa shape index (κ3) is 2.11. The van der Waals surface area contributed by atoms with Gasteiger partial charge < -0.3 is 4.90 Å². The first-order chi connectivity index (χ1) is 8.11. The molecule has 0 bridgehead atoms. The molecule has 17 heavy (non-hydrogen) atoms. The topological polar surface area (TPSA) is 41.9 Å². The van der Waals surface area contributed by atoms with Crippen LogP contribution in [0.15, 0.2) is 24.5 Å². The second-order valence-electron chi connectivity index (χ2n) is 4.27. The van der Waals surface area contributed by atoms with Gasteiger partial charge in [-0.05, 0) is 37.1 Å². The zero-order valence-electron chi connectivity index (χ0n) is 10.6. The average Bonchev–Trinajstić information content (AvgIpc) is 2.33. The first-order valence-corrected chi connectivity index (χ1v) is 5.53. The molecule has 0 spiro atoms. The van der Waals surface area contributed by atoms with Gasteiger partial charge in [-0.2, -0.15) is 10.2 Å². The van der Waals surface area contributed by atoms with Crippen LogP contribution in [0.1, 0.15) is 11.1 Å². The number of aryl methyl sites for hydroxylation is 1. The molecule has 4 nitrogen and oxygen atoms in total. The van der Waals surface area contributed by atoms with E-state index in [0.717, 1.165) is 28.2 Å². The Bertz CT molecular complexity index is 535. The Labute approximate surface area is 101 Å². The third-order valence-electron chi connectivity index (χ3n) is 2.82. The highest BCUT2D eigenvalue weighted by molar-refractivity contribution is 5.75. The molecule has 2 aromatic rings. The van der Waals surface area contributed by atoms with Crippen LogP contribution in [-0.2, 0) is 0 Å². The molecule has 0 amide bonds. The molecule has 0 fully saturated rings. The van der Waals surface area contributed by atoms with Gasteiger partial charge in [0.2, 0.25) is 0 Å². The van der Waals surface area contributed by atoms with E-state index in [1.54, 1.807) is 12.4 Å². The zero-order chi connectivity index (χ0) is 12.4. The van der Waals surface area contributed by atoms with Gasteiger partial charge in [0.15, 0.2) is 0 Å². The summed E-state index contributed by atoms with van der Waals surface area (Å²) in [6.07, 6.45) is 3.57. The molecule has 0 unspecified atom stereocenters. The van der Waals surface area contributed by atoms with Crippen molar-refractivity contribution < 1.29 is 0 Å².